The van der Waals surface area contributed by atoms with Crippen molar-refractivity contribution < 1.29 is 17.5 Å². The molecule has 1 spiro atoms. The monoisotopic (exact) mass is 388 g/mol. The van der Waals surface area contributed by atoms with E-state index in [-0.39, 0.29) is 17.0 Å². The summed E-state index contributed by atoms with van der Waals surface area (Å²) in [6.07, 6.45) is 4.70. The molecule has 27 heavy (non-hydrogen) atoms. The molecule has 0 N–H and O–H groups in total. The van der Waals surface area contributed by atoms with Crippen LogP contribution >= 0.6 is 0 Å². The van der Waals surface area contributed by atoms with Crippen molar-refractivity contribution in [1.82, 2.24) is 9.29 Å². The molecule has 6 rings (SSSR count). The van der Waals surface area contributed by atoms with Gasteiger partial charge in [0.25, 0.3) is 0 Å². The highest BCUT2D eigenvalue weighted by Gasteiger charge is 2.82. The molecule has 7 heteroatoms. The Bertz CT molecular complexity index is 1010. The third-order valence-corrected chi connectivity index (χ3v) is 8.78. The number of benzene rings is 1. The van der Waals surface area contributed by atoms with E-state index in [0.717, 1.165) is 37.4 Å². The van der Waals surface area contributed by atoms with Crippen molar-refractivity contribution >= 4 is 10.0 Å². The fourth-order valence-electron chi connectivity index (χ4n) is 5.49. The molecule has 0 amide bonds. The van der Waals surface area contributed by atoms with Crippen LogP contribution in [0.1, 0.15) is 31.2 Å². The highest BCUT2D eigenvalue weighted by molar-refractivity contribution is 7.89. The van der Waals surface area contributed by atoms with Crippen LogP contribution in [0.5, 0.6) is 5.88 Å². The first kappa shape index (κ1) is 17.1. The molecule has 3 atom stereocenters. The van der Waals surface area contributed by atoms with Gasteiger partial charge in [-0.3, -0.25) is 0 Å². The molecule has 2 bridgehead atoms. The largest absolute Gasteiger partial charge is 0.477 e. The summed E-state index contributed by atoms with van der Waals surface area (Å²) >= 11 is 0. The van der Waals surface area contributed by atoms with Gasteiger partial charge in [-0.15, -0.1) is 0 Å². The van der Waals surface area contributed by atoms with Gasteiger partial charge < -0.3 is 4.74 Å². The van der Waals surface area contributed by atoms with Crippen molar-refractivity contribution in [1.29, 1.82) is 0 Å². The van der Waals surface area contributed by atoms with Crippen molar-refractivity contribution in [3.63, 3.8) is 0 Å². The van der Waals surface area contributed by atoms with Gasteiger partial charge in [0.05, 0.1) is 17.7 Å². The smallest absolute Gasteiger partial charge is 0.243 e. The minimum atomic E-state index is -3.51. The summed E-state index contributed by atoms with van der Waals surface area (Å²) in [5.74, 6) is -0.0213. The van der Waals surface area contributed by atoms with Crippen molar-refractivity contribution in [3.8, 4) is 5.88 Å². The van der Waals surface area contributed by atoms with E-state index >= 15 is 0 Å². The SMILES string of the molecule is Cc1cccc(S(=O)(=O)N2C3CCC24CCC34COc2ccc(F)cn2)c1. The molecule has 5 nitrogen and oxygen atoms in total. The summed E-state index contributed by atoms with van der Waals surface area (Å²) in [7, 11) is -3.51. The molecular formula is C20H21FN2O3S. The average Bonchev–Trinajstić information content (AvgIpc) is 3.15. The zero-order chi connectivity index (χ0) is 18.9. The normalized spacial score (nSPS) is 31.7. The Kier molecular flexibility index (Phi) is 3.50. The van der Waals surface area contributed by atoms with Crippen LogP contribution in [0.4, 0.5) is 4.39 Å². The third-order valence-electron chi connectivity index (χ3n) is 6.81. The van der Waals surface area contributed by atoms with Crippen molar-refractivity contribution in [2.75, 3.05) is 6.61 Å². The molecule has 2 saturated carbocycles. The van der Waals surface area contributed by atoms with Crippen LogP contribution in [0.3, 0.4) is 0 Å². The highest BCUT2D eigenvalue weighted by Crippen LogP contribution is 2.74. The lowest BCUT2D eigenvalue weighted by atomic mass is 9.49. The van der Waals surface area contributed by atoms with E-state index < -0.39 is 15.8 Å². The Morgan fingerprint density at radius 3 is 2.74 bits per heavy atom. The fraction of sp³-hybridized carbons (Fsp3) is 0.450. The number of aromatic nitrogens is 1. The molecule has 3 heterocycles. The maximum absolute atomic E-state index is 13.3. The molecule has 142 valence electrons. The standard InChI is InChI=1S/C20H21FN2O3S/c1-14-3-2-4-16(11-14)27(24,25)23-17-7-8-20(23)10-9-19(17,20)13-26-18-6-5-15(21)12-22-18/h2-6,11-12,17H,7-10,13H2,1H3. The Morgan fingerprint density at radius 1 is 1.26 bits per heavy atom. The van der Waals surface area contributed by atoms with Gasteiger partial charge in [0, 0.05) is 23.1 Å². The average molecular weight is 388 g/mol. The lowest BCUT2D eigenvalue weighted by Crippen LogP contribution is -2.82. The van der Waals surface area contributed by atoms with Crippen LogP contribution in [0, 0.1) is 18.2 Å². The number of nitrogens with zero attached hydrogens (tertiary/aromatic N) is 2. The predicted molar refractivity (Wildman–Crippen MR) is 97.3 cm³/mol. The topological polar surface area (TPSA) is 59.5 Å². The van der Waals surface area contributed by atoms with E-state index in [1.165, 1.54) is 12.1 Å². The fourth-order valence-corrected chi connectivity index (χ4v) is 7.77. The second-order valence-corrected chi connectivity index (χ2v) is 9.78. The second-order valence-electron chi connectivity index (χ2n) is 7.96. The zero-order valence-electron chi connectivity index (χ0n) is 15.1. The van der Waals surface area contributed by atoms with Gasteiger partial charge in [-0.05, 0) is 56.4 Å². The molecule has 0 radical (unpaired) electrons. The van der Waals surface area contributed by atoms with Crippen LogP contribution < -0.4 is 4.74 Å². The van der Waals surface area contributed by atoms with E-state index in [0.29, 0.717) is 17.4 Å². The summed E-state index contributed by atoms with van der Waals surface area (Å²) in [6, 6.07) is 9.91. The summed E-state index contributed by atoms with van der Waals surface area (Å²) in [4.78, 5) is 4.32. The van der Waals surface area contributed by atoms with Gasteiger partial charge in [0.2, 0.25) is 15.9 Å². The molecule has 4 aliphatic rings. The zero-order valence-corrected chi connectivity index (χ0v) is 15.9. The first-order chi connectivity index (χ1) is 12.9. The number of ether oxygens (including phenoxy) is 1. The Labute approximate surface area is 158 Å². The van der Waals surface area contributed by atoms with Gasteiger partial charge in [0.1, 0.15) is 5.82 Å². The molecular weight excluding hydrogens is 367 g/mol. The summed E-state index contributed by atoms with van der Waals surface area (Å²) in [5, 5.41) is 0. The maximum Gasteiger partial charge on any atom is 0.243 e. The highest BCUT2D eigenvalue weighted by atomic mass is 32.2. The number of hydrogen-bond acceptors (Lipinski definition) is 4. The van der Waals surface area contributed by atoms with E-state index in [1.54, 1.807) is 22.5 Å². The van der Waals surface area contributed by atoms with Crippen LogP contribution in [-0.4, -0.2) is 35.9 Å². The van der Waals surface area contributed by atoms with Gasteiger partial charge >= 0.3 is 0 Å². The van der Waals surface area contributed by atoms with E-state index in [2.05, 4.69) is 4.98 Å². The molecule has 2 aliphatic carbocycles. The number of pyridine rings is 1. The molecule has 2 aliphatic heterocycles. The molecule has 4 fully saturated rings. The number of halogens is 1. The first-order valence-electron chi connectivity index (χ1n) is 9.25. The maximum atomic E-state index is 13.3. The van der Waals surface area contributed by atoms with E-state index in [4.69, 9.17) is 4.74 Å². The number of fused-ring (bicyclic) bond motifs is 1. The summed E-state index contributed by atoms with van der Waals surface area (Å²) < 4.78 is 47.2. The molecule has 1 aromatic carbocycles. The molecule has 3 unspecified atom stereocenters. The number of rotatable bonds is 5. The van der Waals surface area contributed by atoms with Crippen molar-refractivity contribution in [2.45, 2.75) is 49.1 Å². The van der Waals surface area contributed by atoms with Gasteiger partial charge in [-0.1, -0.05) is 12.1 Å². The predicted octanol–water partition coefficient (Wildman–Crippen LogP) is 3.29. The van der Waals surface area contributed by atoms with Crippen LogP contribution in [0.25, 0.3) is 0 Å². The van der Waals surface area contributed by atoms with E-state index in [9.17, 15) is 12.8 Å². The number of hydrogen-bond donors (Lipinski definition) is 0. The summed E-state index contributed by atoms with van der Waals surface area (Å²) in [6.45, 7) is 2.33. The number of piperidine rings is 1. The summed E-state index contributed by atoms with van der Waals surface area (Å²) in [5.41, 5.74) is 0.465. The quantitative estimate of drug-likeness (QED) is 0.789. The van der Waals surface area contributed by atoms with Gasteiger partial charge in [-0.25, -0.2) is 17.8 Å². The van der Waals surface area contributed by atoms with Crippen molar-refractivity contribution in [3.05, 3.63) is 54.0 Å². The minimum Gasteiger partial charge on any atom is -0.477 e. The van der Waals surface area contributed by atoms with Crippen LogP contribution in [-0.2, 0) is 10.0 Å². The number of sulfonamides is 1. The van der Waals surface area contributed by atoms with E-state index in [1.807, 2.05) is 13.0 Å². The van der Waals surface area contributed by atoms with Gasteiger partial charge in [-0.2, -0.15) is 4.31 Å². The Hall–Kier alpha value is -1.99. The first-order valence-corrected chi connectivity index (χ1v) is 10.7. The van der Waals surface area contributed by atoms with Crippen LogP contribution in [0.2, 0.25) is 0 Å². The molecule has 1 aromatic heterocycles. The lowest BCUT2D eigenvalue weighted by Gasteiger charge is -2.71. The second kappa shape index (κ2) is 5.52. The minimum absolute atomic E-state index is 0.0304. The molecule has 2 aromatic rings. The Morgan fingerprint density at radius 2 is 2.11 bits per heavy atom. The van der Waals surface area contributed by atoms with Gasteiger partial charge in [0.15, 0.2) is 0 Å². The Balaban J connectivity index is 1.41. The third kappa shape index (κ3) is 2.12. The van der Waals surface area contributed by atoms with Crippen molar-refractivity contribution in [2.24, 2.45) is 5.41 Å². The number of aryl methyl sites for hydroxylation is 1. The molecule has 2 saturated heterocycles. The lowest BCUT2D eigenvalue weighted by molar-refractivity contribution is -0.205. The van der Waals surface area contributed by atoms with Crippen LogP contribution in [0.15, 0.2) is 47.5 Å².